The van der Waals surface area contributed by atoms with Gasteiger partial charge >= 0.3 is 0 Å². The van der Waals surface area contributed by atoms with Crippen molar-refractivity contribution in [3.05, 3.63) is 24.2 Å². The van der Waals surface area contributed by atoms with Crippen LogP contribution in [0.4, 0.5) is 0 Å². The Morgan fingerprint density at radius 3 is 2.79 bits per heavy atom. The number of rotatable bonds is 6. The molecule has 0 aliphatic heterocycles. The third kappa shape index (κ3) is 4.10. The maximum Gasteiger partial charge on any atom is 0.223 e. The van der Waals surface area contributed by atoms with E-state index in [1.807, 2.05) is 17.0 Å². The first kappa shape index (κ1) is 14.1. The topological polar surface area (TPSA) is 53.7 Å². The first-order chi connectivity index (χ1) is 9.31. The number of aliphatic hydroxyl groups excluding tert-OH is 1. The predicted molar refractivity (Wildman–Crippen MR) is 72.7 cm³/mol. The van der Waals surface area contributed by atoms with Crippen molar-refractivity contribution in [1.82, 2.24) is 4.90 Å². The number of aryl methyl sites for hydroxylation is 1. The maximum atomic E-state index is 12.3. The molecule has 106 valence electrons. The fourth-order valence-electron chi connectivity index (χ4n) is 2.84. The Morgan fingerprint density at radius 2 is 2.16 bits per heavy atom. The van der Waals surface area contributed by atoms with Crippen LogP contribution in [0.15, 0.2) is 22.8 Å². The van der Waals surface area contributed by atoms with Crippen LogP contribution in [0.2, 0.25) is 0 Å². The largest absolute Gasteiger partial charge is 0.469 e. The van der Waals surface area contributed by atoms with Crippen LogP contribution < -0.4 is 0 Å². The molecule has 1 heterocycles. The fourth-order valence-corrected chi connectivity index (χ4v) is 2.84. The normalized spacial score (nSPS) is 16.5. The third-order valence-electron chi connectivity index (χ3n) is 3.84. The summed E-state index contributed by atoms with van der Waals surface area (Å²) in [5.41, 5.74) is 0. The Hall–Kier alpha value is -1.29. The summed E-state index contributed by atoms with van der Waals surface area (Å²) in [6, 6.07) is 4.06. The van der Waals surface area contributed by atoms with E-state index >= 15 is 0 Å². The van der Waals surface area contributed by atoms with E-state index in [9.17, 15) is 4.79 Å². The zero-order valence-electron chi connectivity index (χ0n) is 11.4. The molecule has 1 aromatic heterocycles. The number of hydrogen-bond donors (Lipinski definition) is 1. The molecule has 19 heavy (non-hydrogen) atoms. The number of hydrogen-bond acceptors (Lipinski definition) is 3. The van der Waals surface area contributed by atoms with E-state index in [4.69, 9.17) is 9.52 Å². The lowest BCUT2D eigenvalue weighted by atomic mass is 9.94. The molecule has 0 spiro atoms. The molecule has 0 saturated heterocycles. The minimum absolute atomic E-state index is 0.0446. The van der Waals surface area contributed by atoms with Gasteiger partial charge < -0.3 is 14.4 Å². The monoisotopic (exact) mass is 265 g/mol. The Balaban J connectivity index is 1.87. The van der Waals surface area contributed by atoms with Gasteiger partial charge in [-0.3, -0.25) is 4.79 Å². The second kappa shape index (κ2) is 7.34. The lowest BCUT2D eigenvalue weighted by Crippen LogP contribution is -2.43. The zero-order chi connectivity index (χ0) is 13.5. The standard InChI is InChI=1S/C15H23NO3/c17-11-10-16(13-5-2-1-3-6-13)15(18)9-8-14-7-4-12-19-14/h4,7,12-13,17H,1-3,5-6,8-11H2. The molecule has 1 amide bonds. The molecule has 4 heteroatoms. The molecule has 1 saturated carbocycles. The number of carbonyl (C=O) groups is 1. The van der Waals surface area contributed by atoms with Crippen molar-refractivity contribution in [1.29, 1.82) is 0 Å². The van der Waals surface area contributed by atoms with E-state index in [0.29, 0.717) is 25.4 Å². The zero-order valence-corrected chi connectivity index (χ0v) is 11.4. The van der Waals surface area contributed by atoms with Gasteiger partial charge in [0.1, 0.15) is 5.76 Å². The SMILES string of the molecule is O=C(CCc1ccco1)N(CCO)C1CCCCC1. The summed E-state index contributed by atoms with van der Waals surface area (Å²) in [7, 11) is 0. The minimum atomic E-state index is 0.0446. The van der Waals surface area contributed by atoms with Gasteiger partial charge in [0, 0.05) is 25.4 Å². The van der Waals surface area contributed by atoms with Crippen molar-refractivity contribution in [2.45, 2.75) is 51.0 Å². The molecular formula is C15H23NO3. The van der Waals surface area contributed by atoms with E-state index < -0.39 is 0 Å². The molecule has 1 aliphatic carbocycles. The second-order valence-electron chi connectivity index (χ2n) is 5.18. The van der Waals surface area contributed by atoms with E-state index in [0.717, 1.165) is 18.6 Å². The molecule has 0 unspecified atom stereocenters. The Kier molecular flexibility index (Phi) is 5.45. The molecule has 4 nitrogen and oxygen atoms in total. The van der Waals surface area contributed by atoms with Crippen molar-refractivity contribution in [2.24, 2.45) is 0 Å². The molecule has 0 radical (unpaired) electrons. The van der Waals surface area contributed by atoms with Crippen LogP contribution in [0.25, 0.3) is 0 Å². The number of amides is 1. The number of aliphatic hydroxyl groups is 1. The van der Waals surface area contributed by atoms with Crippen LogP contribution >= 0.6 is 0 Å². The summed E-state index contributed by atoms with van der Waals surface area (Å²) in [5.74, 6) is 0.985. The van der Waals surface area contributed by atoms with Crippen LogP contribution in [-0.2, 0) is 11.2 Å². The lowest BCUT2D eigenvalue weighted by molar-refractivity contribution is -0.134. The Labute approximate surface area is 114 Å². The lowest BCUT2D eigenvalue weighted by Gasteiger charge is -2.34. The van der Waals surface area contributed by atoms with Crippen LogP contribution in [0.3, 0.4) is 0 Å². The van der Waals surface area contributed by atoms with Gasteiger partial charge in [0.15, 0.2) is 0 Å². The third-order valence-corrected chi connectivity index (χ3v) is 3.84. The average Bonchev–Trinajstić information content (AvgIpc) is 2.96. The summed E-state index contributed by atoms with van der Waals surface area (Å²) in [6.07, 6.45) is 8.54. The van der Waals surface area contributed by atoms with Gasteiger partial charge in [0.2, 0.25) is 5.91 Å². The smallest absolute Gasteiger partial charge is 0.223 e. The molecule has 1 fully saturated rings. The first-order valence-electron chi connectivity index (χ1n) is 7.24. The molecule has 1 N–H and O–H groups in total. The number of carbonyl (C=O) groups excluding carboxylic acids is 1. The molecule has 1 aliphatic rings. The van der Waals surface area contributed by atoms with Gasteiger partial charge in [-0.05, 0) is 25.0 Å². The number of furan rings is 1. The van der Waals surface area contributed by atoms with Crippen LogP contribution in [0.5, 0.6) is 0 Å². The van der Waals surface area contributed by atoms with Crippen LogP contribution in [0, 0.1) is 0 Å². The summed E-state index contributed by atoms with van der Waals surface area (Å²) < 4.78 is 5.25. The van der Waals surface area contributed by atoms with Crippen molar-refractivity contribution in [2.75, 3.05) is 13.2 Å². The molecular weight excluding hydrogens is 242 g/mol. The quantitative estimate of drug-likeness (QED) is 0.859. The highest BCUT2D eigenvalue weighted by molar-refractivity contribution is 5.76. The van der Waals surface area contributed by atoms with Crippen molar-refractivity contribution in [3.63, 3.8) is 0 Å². The fraction of sp³-hybridized carbons (Fsp3) is 0.667. The van der Waals surface area contributed by atoms with E-state index in [1.54, 1.807) is 6.26 Å². The van der Waals surface area contributed by atoms with Gasteiger partial charge in [-0.1, -0.05) is 19.3 Å². The molecule has 0 aromatic carbocycles. The van der Waals surface area contributed by atoms with Crippen molar-refractivity contribution < 1.29 is 14.3 Å². The van der Waals surface area contributed by atoms with Gasteiger partial charge in [-0.2, -0.15) is 0 Å². The average molecular weight is 265 g/mol. The van der Waals surface area contributed by atoms with Crippen molar-refractivity contribution >= 4 is 5.91 Å². The molecule has 2 rings (SSSR count). The van der Waals surface area contributed by atoms with Gasteiger partial charge in [-0.25, -0.2) is 0 Å². The summed E-state index contributed by atoms with van der Waals surface area (Å²) in [6.45, 7) is 0.505. The molecule has 0 atom stereocenters. The highest BCUT2D eigenvalue weighted by Crippen LogP contribution is 2.23. The van der Waals surface area contributed by atoms with E-state index in [-0.39, 0.29) is 12.5 Å². The molecule has 1 aromatic rings. The minimum Gasteiger partial charge on any atom is -0.469 e. The summed E-state index contributed by atoms with van der Waals surface area (Å²) in [5, 5.41) is 9.16. The molecule has 0 bridgehead atoms. The van der Waals surface area contributed by atoms with Crippen molar-refractivity contribution in [3.8, 4) is 0 Å². The Bertz CT molecular complexity index is 369. The van der Waals surface area contributed by atoms with Gasteiger partial charge in [0.25, 0.3) is 0 Å². The highest BCUT2D eigenvalue weighted by atomic mass is 16.3. The maximum absolute atomic E-state index is 12.3. The second-order valence-corrected chi connectivity index (χ2v) is 5.18. The van der Waals surface area contributed by atoms with E-state index in [1.165, 1.54) is 19.3 Å². The first-order valence-corrected chi connectivity index (χ1v) is 7.24. The van der Waals surface area contributed by atoms with E-state index in [2.05, 4.69) is 0 Å². The number of nitrogens with zero attached hydrogens (tertiary/aromatic N) is 1. The van der Waals surface area contributed by atoms with Crippen LogP contribution in [0.1, 0.15) is 44.3 Å². The van der Waals surface area contributed by atoms with Gasteiger partial charge in [-0.15, -0.1) is 0 Å². The Morgan fingerprint density at radius 1 is 1.37 bits per heavy atom. The summed E-state index contributed by atoms with van der Waals surface area (Å²) >= 11 is 0. The predicted octanol–water partition coefficient (Wildman–Crippen LogP) is 2.37. The highest BCUT2D eigenvalue weighted by Gasteiger charge is 2.24. The van der Waals surface area contributed by atoms with Crippen LogP contribution in [-0.4, -0.2) is 35.1 Å². The van der Waals surface area contributed by atoms with Gasteiger partial charge in [0.05, 0.1) is 12.9 Å². The summed E-state index contributed by atoms with van der Waals surface area (Å²) in [4.78, 5) is 14.2.